The predicted octanol–water partition coefficient (Wildman–Crippen LogP) is 6.03. The maximum Gasteiger partial charge on any atom is 0.230 e. The summed E-state index contributed by atoms with van der Waals surface area (Å²) < 4.78 is 0. The van der Waals surface area contributed by atoms with Crippen molar-refractivity contribution in [2.24, 2.45) is 0 Å². The Hall–Kier alpha value is -1.16. The van der Waals surface area contributed by atoms with Gasteiger partial charge in [-0.05, 0) is 67.6 Å². The van der Waals surface area contributed by atoms with Crippen LogP contribution in [0.5, 0.6) is 0 Å². The first-order valence-corrected chi connectivity index (χ1v) is 10.1. The summed E-state index contributed by atoms with van der Waals surface area (Å²) in [5, 5.41) is 4.35. The van der Waals surface area contributed by atoms with Crippen LogP contribution in [0, 0.1) is 20.8 Å². The number of nitrogens with one attached hydrogen (secondary N) is 1. The minimum absolute atomic E-state index is 0.0123. The quantitative estimate of drug-likeness (QED) is 0.646. The maximum atomic E-state index is 12.3. The first-order valence-electron chi connectivity index (χ1n) is 8.17. The van der Waals surface area contributed by atoms with E-state index >= 15 is 0 Å². The van der Waals surface area contributed by atoms with Crippen LogP contribution >= 0.6 is 35.0 Å². The van der Waals surface area contributed by atoms with E-state index in [-0.39, 0.29) is 11.9 Å². The Morgan fingerprint density at radius 3 is 2.32 bits per heavy atom. The van der Waals surface area contributed by atoms with Gasteiger partial charge in [-0.15, -0.1) is 11.8 Å². The number of thioether (sulfide) groups is 1. The van der Waals surface area contributed by atoms with Crippen LogP contribution in [0.1, 0.15) is 40.8 Å². The molecule has 0 aliphatic carbocycles. The van der Waals surface area contributed by atoms with E-state index in [2.05, 4.69) is 38.2 Å². The van der Waals surface area contributed by atoms with Crippen molar-refractivity contribution >= 4 is 40.9 Å². The van der Waals surface area contributed by atoms with E-state index < -0.39 is 0 Å². The molecule has 0 aliphatic rings. The van der Waals surface area contributed by atoms with Crippen LogP contribution in [0.3, 0.4) is 0 Å². The van der Waals surface area contributed by atoms with Gasteiger partial charge in [-0.3, -0.25) is 4.79 Å². The smallest absolute Gasteiger partial charge is 0.230 e. The number of carbonyl (C=O) groups is 1. The monoisotopic (exact) mass is 395 g/mol. The lowest BCUT2D eigenvalue weighted by molar-refractivity contribution is -0.119. The second-order valence-electron chi connectivity index (χ2n) is 6.28. The lowest BCUT2D eigenvalue weighted by atomic mass is 9.96. The molecule has 25 heavy (non-hydrogen) atoms. The van der Waals surface area contributed by atoms with E-state index in [0.29, 0.717) is 21.6 Å². The van der Waals surface area contributed by atoms with Gasteiger partial charge >= 0.3 is 0 Å². The summed E-state index contributed by atoms with van der Waals surface area (Å²) in [7, 11) is 0. The number of carbonyl (C=O) groups excluding carboxylic acids is 1. The van der Waals surface area contributed by atoms with Crippen LogP contribution in [-0.4, -0.2) is 11.7 Å². The summed E-state index contributed by atoms with van der Waals surface area (Å²) in [6.07, 6.45) is 0. The van der Waals surface area contributed by atoms with Gasteiger partial charge in [0.2, 0.25) is 5.91 Å². The highest BCUT2D eigenvalue weighted by Crippen LogP contribution is 2.28. The Morgan fingerprint density at radius 1 is 1.08 bits per heavy atom. The maximum absolute atomic E-state index is 12.3. The van der Waals surface area contributed by atoms with Crippen molar-refractivity contribution in [1.82, 2.24) is 5.32 Å². The van der Waals surface area contributed by atoms with Gasteiger partial charge in [0.05, 0.1) is 11.8 Å². The van der Waals surface area contributed by atoms with Gasteiger partial charge in [-0.1, -0.05) is 41.4 Å². The molecule has 0 heterocycles. The Balaban J connectivity index is 1.91. The molecular formula is C20H23Cl2NOS. The van der Waals surface area contributed by atoms with Crippen molar-refractivity contribution < 1.29 is 4.79 Å². The third-order valence-electron chi connectivity index (χ3n) is 4.27. The second-order valence-corrected chi connectivity index (χ2v) is 8.08. The van der Waals surface area contributed by atoms with Gasteiger partial charge in [-0.2, -0.15) is 0 Å². The molecule has 0 fully saturated rings. The van der Waals surface area contributed by atoms with Gasteiger partial charge < -0.3 is 5.32 Å². The van der Waals surface area contributed by atoms with Gasteiger partial charge in [0.1, 0.15) is 0 Å². The number of amides is 1. The molecule has 134 valence electrons. The minimum atomic E-state index is -0.0173. The molecule has 0 spiro atoms. The summed E-state index contributed by atoms with van der Waals surface area (Å²) in [5.41, 5.74) is 5.75. The van der Waals surface area contributed by atoms with E-state index in [1.165, 1.54) is 28.5 Å². The molecule has 0 radical (unpaired) electrons. The van der Waals surface area contributed by atoms with Crippen LogP contribution in [0.2, 0.25) is 10.0 Å². The largest absolute Gasteiger partial charge is 0.349 e. The average Bonchev–Trinajstić information content (AvgIpc) is 2.53. The van der Waals surface area contributed by atoms with Crippen LogP contribution in [0.4, 0.5) is 0 Å². The minimum Gasteiger partial charge on any atom is -0.349 e. The number of aryl methyl sites for hydroxylation is 3. The molecule has 0 aliphatic heterocycles. The molecule has 1 N–H and O–H groups in total. The third-order valence-corrected chi connectivity index (χ3v) is 5.93. The van der Waals surface area contributed by atoms with Gasteiger partial charge in [0.25, 0.3) is 0 Å². The fourth-order valence-corrected chi connectivity index (χ4v) is 4.30. The summed E-state index contributed by atoms with van der Waals surface area (Å²) >= 11 is 13.8. The highest BCUT2D eigenvalue weighted by Gasteiger charge is 2.13. The summed E-state index contributed by atoms with van der Waals surface area (Å²) in [4.78, 5) is 12.3. The zero-order valence-corrected chi connectivity index (χ0v) is 17.3. The van der Waals surface area contributed by atoms with Crippen molar-refractivity contribution in [2.45, 2.75) is 39.5 Å². The first kappa shape index (κ1) is 20.2. The van der Waals surface area contributed by atoms with Crippen molar-refractivity contribution in [1.29, 1.82) is 0 Å². The predicted molar refractivity (Wildman–Crippen MR) is 110 cm³/mol. The second kappa shape index (κ2) is 8.98. The van der Waals surface area contributed by atoms with Crippen LogP contribution < -0.4 is 5.32 Å². The van der Waals surface area contributed by atoms with Gasteiger partial charge in [-0.25, -0.2) is 0 Å². The van der Waals surface area contributed by atoms with Crippen molar-refractivity contribution in [3.63, 3.8) is 0 Å². The molecule has 2 nitrogen and oxygen atoms in total. The van der Waals surface area contributed by atoms with Crippen LogP contribution in [-0.2, 0) is 10.5 Å². The molecule has 2 aromatic rings. The van der Waals surface area contributed by atoms with Crippen molar-refractivity contribution in [3.8, 4) is 0 Å². The Morgan fingerprint density at radius 2 is 1.68 bits per heavy atom. The van der Waals surface area contributed by atoms with Crippen LogP contribution in [0.25, 0.3) is 0 Å². The zero-order valence-electron chi connectivity index (χ0n) is 15.0. The molecule has 0 unspecified atom stereocenters. The molecule has 0 saturated carbocycles. The highest BCUT2D eigenvalue weighted by atomic mass is 35.5. The fourth-order valence-electron chi connectivity index (χ4n) is 2.73. The van der Waals surface area contributed by atoms with Gasteiger partial charge in [0.15, 0.2) is 0 Å². The van der Waals surface area contributed by atoms with Gasteiger partial charge in [0, 0.05) is 15.8 Å². The summed E-state index contributed by atoms with van der Waals surface area (Å²) in [6.45, 7) is 8.30. The van der Waals surface area contributed by atoms with E-state index in [0.717, 1.165) is 11.1 Å². The highest BCUT2D eigenvalue weighted by molar-refractivity contribution is 7.99. The topological polar surface area (TPSA) is 29.1 Å². The van der Waals surface area contributed by atoms with E-state index in [1.54, 1.807) is 0 Å². The lowest BCUT2D eigenvalue weighted by Gasteiger charge is -2.18. The number of halogens is 2. The van der Waals surface area contributed by atoms with E-state index in [1.807, 2.05) is 25.1 Å². The Bertz CT molecular complexity index is 756. The fraction of sp³-hybridized carbons (Fsp3) is 0.350. The standard InChI is InChI=1S/C20H23Cl2NOS/c1-12-8-14(3)16(9-13(12)2)15(4)23-20(24)11-25-10-17-18(21)6-5-7-19(17)22/h5-9,15H,10-11H2,1-4H3,(H,23,24)/t15-/m1/s1. The van der Waals surface area contributed by atoms with E-state index in [9.17, 15) is 4.79 Å². The van der Waals surface area contributed by atoms with Crippen LogP contribution in [0.15, 0.2) is 30.3 Å². The Kier molecular flexibility index (Phi) is 7.24. The van der Waals surface area contributed by atoms with Crippen molar-refractivity contribution in [2.75, 3.05) is 5.75 Å². The van der Waals surface area contributed by atoms with Crippen molar-refractivity contribution in [3.05, 3.63) is 68.2 Å². The third kappa shape index (κ3) is 5.40. The summed E-state index contributed by atoms with van der Waals surface area (Å²) in [5.74, 6) is 0.997. The number of benzene rings is 2. The molecule has 1 atom stereocenters. The zero-order chi connectivity index (χ0) is 18.6. The lowest BCUT2D eigenvalue weighted by Crippen LogP contribution is -2.28. The molecule has 1 amide bonds. The molecule has 0 saturated heterocycles. The number of hydrogen-bond acceptors (Lipinski definition) is 2. The molecular weight excluding hydrogens is 373 g/mol. The molecule has 2 rings (SSSR count). The normalized spacial score (nSPS) is 12.1. The molecule has 0 bridgehead atoms. The Labute approximate surface area is 164 Å². The molecule has 0 aromatic heterocycles. The first-order chi connectivity index (χ1) is 11.8. The molecule has 5 heteroatoms. The van der Waals surface area contributed by atoms with E-state index in [4.69, 9.17) is 23.2 Å². The average molecular weight is 396 g/mol. The summed E-state index contributed by atoms with van der Waals surface area (Å²) in [6, 6.07) is 9.76. The number of rotatable bonds is 6. The molecule has 2 aromatic carbocycles. The number of hydrogen-bond donors (Lipinski definition) is 1. The SMILES string of the molecule is Cc1cc(C)c([C@@H](C)NC(=O)CSCc2c(Cl)cccc2Cl)cc1C.